The first-order valence-corrected chi connectivity index (χ1v) is 6.56. The molecule has 1 aromatic carbocycles. The number of nitrogens with zero attached hydrogens (tertiary/aromatic N) is 1. The molecule has 0 fully saturated rings. The van der Waals surface area contributed by atoms with E-state index in [0.717, 1.165) is 23.4 Å². The zero-order chi connectivity index (χ0) is 13.8. The van der Waals surface area contributed by atoms with Gasteiger partial charge in [-0.3, -0.25) is 0 Å². The summed E-state index contributed by atoms with van der Waals surface area (Å²) in [6.45, 7) is 6.68. The highest BCUT2D eigenvalue weighted by Crippen LogP contribution is 2.23. The van der Waals surface area contributed by atoms with Crippen LogP contribution >= 0.6 is 0 Å². The largest absolute Gasteiger partial charge is 0.439 e. The van der Waals surface area contributed by atoms with Gasteiger partial charge in [-0.05, 0) is 55.2 Å². The first kappa shape index (κ1) is 13.6. The van der Waals surface area contributed by atoms with Gasteiger partial charge in [-0.1, -0.05) is 13.0 Å². The molecule has 100 valence electrons. The van der Waals surface area contributed by atoms with Crippen molar-refractivity contribution in [3.05, 3.63) is 52.7 Å². The number of pyridine rings is 1. The topological polar surface area (TPSA) is 48.1 Å². The Morgan fingerprint density at radius 3 is 2.32 bits per heavy atom. The number of benzene rings is 1. The van der Waals surface area contributed by atoms with Crippen LogP contribution in [0.5, 0.6) is 11.6 Å². The van der Waals surface area contributed by atoms with Crippen LogP contribution in [0.3, 0.4) is 0 Å². The molecule has 0 aliphatic heterocycles. The molecule has 0 bridgehead atoms. The van der Waals surface area contributed by atoms with Gasteiger partial charge >= 0.3 is 0 Å². The van der Waals surface area contributed by atoms with Crippen LogP contribution < -0.4 is 10.5 Å². The minimum atomic E-state index is 0.499. The van der Waals surface area contributed by atoms with Crippen LogP contribution in [0.15, 0.2) is 30.3 Å². The molecule has 19 heavy (non-hydrogen) atoms. The maximum absolute atomic E-state index is 5.86. The van der Waals surface area contributed by atoms with Crippen LogP contribution in [0.4, 0.5) is 0 Å². The lowest BCUT2D eigenvalue weighted by Crippen LogP contribution is -2.01. The maximum atomic E-state index is 5.86. The fourth-order valence-electron chi connectivity index (χ4n) is 2.08. The molecule has 0 spiro atoms. The van der Waals surface area contributed by atoms with Crippen molar-refractivity contribution in [1.82, 2.24) is 4.98 Å². The minimum absolute atomic E-state index is 0.499. The summed E-state index contributed by atoms with van der Waals surface area (Å²) in [5.74, 6) is 1.44. The van der Waals surface area contributed by atoms with Crippen molar-refractivity contribution in [2.75, 3.05) is 0 Å². The molecular formula is C16H20N2O. The predicted octanol–water partition coefficient (Wildman–Crippen LogP) is 3.51. The molecule has 3 heteroatoms. The van der Waals surface area contributed by atoms with Crippen LogP contribution in [0.1, 0.15) is 29.3 Å². The number of rotatable bonds is 4. The first-order chi connectivity index (χ1) is 9.10. The molecule has 0 radical (unpaired) electrons. The average Bonchev–Trinajstić information content (AvgIpc) is 2.37. The number of hydrogen-bond acceptors (Lipinski definition) is 3. The van der Waals surface area contributed by atoms with E-state index in [4.69, 9.17) is 10.5 Å². The van der Waals surface area contributed by atoms with E-state index < -0.39 is 0 Å². The fourth-order valence-corrected chi connectivity index (χ4v) is 2.08. The van der Waals surface area contributed by atoms with E-state index in [1.165, 1.54) is 11.1 Å². The number of nitrogens with two attached hydrogens (primary N) is 1. The van der Waals surface area contributed by atoms with Gasteiger partial charge in [-0.2, -0.15) is 0 Å². The summed E-state index contributed by atoms with van der Waals surface area (Å²) >= 11 is 0. The zero-order valence-corrected chi connectivity index (χ0v) is 11.7. The van der Waals surface area contributed by atoms with Crippen molar-refractivity contribution in [3.8, 4) is 11.6 Å². The van der Waals surface area contributed by atoms with E-state index in [9.17, 15) is 0 Å². The molecule has 2 aromatic rings. The van der Waals surface area contributed by atoms with E-state index in [2.05, 4.69) is 31.8 Å². The second kappa shape index (κ2) is 5.85. The van der Waals surface area contributed by atoms with Gasteiger partial charge in [-0.25, -0.2) is 4.98 Å². The van der Waals surface area contributed by atoms with Gasteiger partial charge in [0.1, 0.15) is 5.75 Å². The summed E-state index contributed by atoms with van der Waals surface area (Å²) in [4.78, 5) is 4.48. The zero-order valence-electron chi connectivity index (χ0n) is 11.7. The molecular weight excluding hydrogens is 236 g/mol. The Morgan fingerprint density at radius 1 is 1.05 bits per heavy atom. The summed E-state index contributed by atoms with van der Waals surface area (Å²) in [5.41, 5.74) is 10.1. The van der Waals surface area contributed by atoms with Crippen molar-refractivity contribution in [2.45, 2.75) is 33.7 Å². The molecule has 0 atom stereocenters. The molecule has 3 nitrogen and oxygen atoms in total. The van der Waals surface area contributed by atoms with Gasteiger partial charge in [0.2, 0.25) is 5.88 Å². The molecule has 0 saturated carbocycles. The smallest absolute Gasteiger partial charge is 0.219 e. The quantitative estimate of drug-likeness (QED) is 0.910. The molecule has 2 N–H and O–H groups in total. The Bertz CT molecular complexity index is 536. The van der Waals surface area contributed by atoms with Crippen molar-refractivity contribution >= 4 is 0 Å². The third kappa shape index (κ3) is 3.55. The van der Waals surface area contributed by atoms with E-state index in [0.29, 0.717) is 12.4 Å². The van der Waals surface area contributed by atoms with Crippen molar-refractivity contribution in [3.63, 3.8) is 0 Å². The fraction of sp³-hybridized carbons (Fsp3) is 0.312. The number of ether oxygens (including phenoxy) is 1. The standard InChI is InChI=1S/C16H20N2O/c1-4-14-8-13(10-17)9-16(18-14)19-15-6-11(2)5-12(3)7-15/h5-9H,4,10,17H2,1-3H3. The Labute approximate surface area is 114 Å². The monoisotopic (exact) mass is 256 g/mol. The second-order valence-electron chi connectivity index (χ2n) is 4.79. The number of hydrogen-bond donors (Lipinski definition) is 1. The van der Waals surface area contributed by atoms with Crippen molar-refractivity contribution < 1.29 is 4.74 Å². The highest BCUT2D eigenvalue weighted by Gasteiger charge is 2.04. The SMILES string of the molecule is CCc1cc(CN)cc(Oc2cc(C)cc(C)c2)n1. The van der Waals surface area contributed by atoms with E-state index in [-0.39, 0.29) is 0 Å². The predicted molar refractivity (Wildman–Crippen MR) is 77.5 cm³/mol. The summed E-state index contributed by atoms with van der Waals surface area (Å²) < 4.78 is 5.86. The number of aromatic nitrogens is 1. The molecule has 1 heterocycles. The lowest BCUT2D eigenvalue weighted by molar-refractivity contribution is 0.459. The molecule has 0 amide bonds. The summed E-state index contributed by atoms with van der Waals surface area (Å²) in [7, 11) is 0. The molecule has 0 unspecified atom stereocenters. The molecule has 0 saturated heterocycles. The second-order valence-corrected chi connectivity index (χ2v) is 4.79. The van der Waals surface area contributed by atoms with Crippen LogP contribution in [0, 0.1) is 13.8 Å². The van der Waals surface area contributed by atoms with Crippen LogP contribution in [0.25, 0.3) is 0 Å². The third-order valence-corrected chi connectivity index (χ3v) is 2.93. The van der Waals surface area contributed by atoms with E-state index in [1.807, 2.05) is 24.3 Å². The van der Waals surface area contributed by atoms with Gasteiger partial charge in [0.05, 0.1) is 0 Å². The Balaban J connectivity index is 2.31. The molecule has 2 rings (SSSR count). The lowest BCUT2D eigenvalue weighted by atomic mass is 10.1. The number of aryl methyl sites for hydroxylation is 3. The van der Waals surface area contributed by atoms with Gasteiger partial charge in [0.25, 0.3) is 0 Å². The molecule has 0 aliphatic rings. The van der Waals surface area contributed by atoms with Gasteiger partial charge in [-0.15, -0.1) is 0 Å². The highest BCUT2D eigenvalue weighted by molar-refractivity contribution is 5.36. The lowest BCUT2D eigenvalue weighted by Gasteiger charge is -2.10. The average molecular weight is 256 g/mol. The van der Waals surface area contributed by atoms with Crippen molar-refractivity contribution in [1.29, 1.82) is 0 Å². The van der Waals surface area contributed by atoms with Crippen LogP contribution in [-0.4, -0.2) is 4.98 Å². The highest BCUT2D eigenvalue weighted by atomic mass is 16.5. The summed E-state index contributed by atoms with van der Waals surface area (Å²) in [6.07, 6.45) is 0.872. The van der Waals surface area contributed by atoms with Crippen molar-refractivity contribution in [2.24, 2.45) is 5.73 Å². The first-order valence-electron chi connectivity index (χ1n) is 6.56. The Kier molecular flexibility index (Phi) is 4.17. The molecule has 1 aromatic heterocycles. The third-order valence-electron chi connectivity index (χ3n) is 2.93. The minimum Gasteiger partial charge on any atom is -0.439 e. The summed E-state index contributed by atoms with van der Waals surface area (Å²) in [5, 5.41) is 0. The van der Waals surface area contributed by atoms with Crippen LogP contribution in [0.2, 0.25) is 0 Å². The van der Waals surface area contributed by atoms with Gasteiger partial charge in [0, 0.05) is 18.3 Å². The van der Waals surface area contributed by atoms with Crippen LogP contribution in [-0.2, 0) is 13.0 Å². The van der Waals surface area contributed by atoms with E-state index >= 15 is 0 Å². The Morgan fingerprint density at radius 2 is 1.74 bits per heavy atom. The van der Waals surface area contributed by atoms with Gasteiger partial charge < -0.3 is 10.5 Å². The maximum Gasteiger partial charge on any atom is 0.219 e. The van der Waals surface area contributed by atoms with Gasteiger partial charge in [0.15, 0.2) is 0 Å². The normalized spacial score (nSPS) is 10.5. The van der Waals surface area contributed by atoms with E-state index in [1.54, 1.807) is 0 Å². The Hall–Kier alpha value is -1.87. The summed E-state index contributed by atoms with van der Waals surface area (Å²) in [6, 6.07) is 10.1. The molecule has 0 aliphatic carbocycles.